The number of amidine groups is 1. The first-order valence-corrected chi connectivity index (χ1v) is 6.80. The first-order valence-electron chi connectivity index (χ1n) is 6.80. The third-order valence-electron chi connectivity index (χ3n) is 4.79. The van der Waals surface area contributed by atoms with Crippen molar-refractivity contribution in [3.8, 4) is 12.1 Å². The van der Waals surface area contributed by atoms with Gasteiger partial charge in [0.2, 0.25) is 0 Å². The Labute approximate surface area is 125 Å². The van der Waals surface area contributed by atoms with Gasteiger partial charge in [0, 0.05) is 5.92 Å². The van der Waals surface area contributed by atoms with Crippen LogP contribution in [0.15, 0.2) is 29.3 Å². The molecule has 110 valence electrons. The van der Waals surface area contributed by atoms with Gasteiger partial charge in [-0.1, -0.05) is 12.1 Å². The number of ether oxygens (including phenoxy) is 2. The molecule has 4 rings (SSSR count). The largest absolute Gasteiger partial charge is 0.386 e. The third kappa shape index (κ3) is 1.11. The molecular weight excluding hydrogens is 287 g/mol. The van der Waals surface area contributed by atoms with Crippen molar-refractivity contribution in [1.82, 2.24) is 0 Å². The van der Waals surface area contributed by atoms with E-state index in [0.717, 1.165) is 0 Å². The van der Waals surface area contributed by atoms with E-state index in [0.29, 0.717) is 5.56 Å². The van der Waals surface area contributed by atoms with Gasteiger partial charge in [-0.2, -0.15) is 10.5 Å². The van der Waals surface area contributed by atoms with E-state index < -0.39 is 28.5 Å². The minimum Gasteiger partial charge on any atom is -0.386 e. The monoisotopic (exact) mass is 298 g/mol. The average molecular weight is 298 g/mol. The Morgan fingerprint density at radius 3 is 2.59 bits per heavy atom. The second kappa shape index (κ2) is 3.83. The zero-order valence-electron chi connectivity index (χ0n) is 11.4. The molecule has 7 heteroatoms. The number of nitriles is 2. The Kier molecular flexibility index (Phi) is 2.30. The number of benzene rings is 1. The fourth-order valence-corrected chi connectivity index (χ4v) is 3.90. The van der Waals surface area contributed by atoms with Crippen LogP contribution in [-0.4, -0.2) is 25.0 Å². The van der Waals surface area contributed by atoms with Crippen LogP contribution in [0, 0.1) is 39.3 Å². The maximum absolute atomic E-state index is 13.6. The smallest absolute Gasteiger partial charge is 0.293 e. The molecule has 1 aromatic rings. The Bertz CT molecular complexity index is 789. The van der Waals surface area contributed by atoms with Crippen LogP contribution >= 0.6 is 0 Å². The zero-order valence-corrected chi connectivity index (χ0v) is 11.4. The lowest BCUT2D eigenvalue weighted by Crippen LogP contribution is -2.38. The predicted molar refractivity (Wildman–Crippen MR) is 71.5 cm³/mol. The van der Waals surface area contributed by atoms with Crippen LogP contribution in [0.4, 0.5) is 4.39 Å². The van der Waals surface area contributed by atoms with E-state index in [9.17, 15) is 14.9 Å². The molecule has 0 radical (unpaired) electrons. The van der Waals surface area contributed by atoms with E-state index in [1.54, 1.807) is 6.07 Å². The summed E-state index contributed by atoms with van der Waals surface area (Å²) in [6.45, 7) is 0.523. The standard InChI is InChI=1S/C15H11FN4O2/c16-10-3-1-2-9(6-10)11-13(7-17)12(19)20-15(14(11,13)8-18)21-4-5-22-15/h1-3,6,11H,4-5H2,(H2,19,20)/t11-,13+,14+/m1/s1. The summed E-state index contributed by atoms with van der Waals surface area (Å²) in [5.74, 6) is -2.64. The van der Waals surface area contributed by atoms with Crippen molar-refractivity contribution < 1.29 is 13.9 Å². The van der Waals surface area contributed by atoms with Gasteiger partial charge in [0.15, 0.2) is 5.41 Å². The molecule has 3 atom stereocenters. The summed E-state index contributed by atoms with van der Waals surface area (Å²) in [4.78, 5) is 4.15. The summed E-state index contributed by atoms with van der Waals surface area (Å²) < 4.78 is 24.7. The quantitative estimate of drug-likeness (QED) is 0.833. The fraction of sp³-hybridized carbons (Fsp3) is 0.400. The molecule has 2 fully saturated rings. The predicted octanol–water partition coefficient (Wildman–Crippen LogP) is 1.01. The number of aliphatic imine (C=N–C) groups is 1. The van der Waals surface area contributed by atoms with E-state index >= 15 is 0 Å². The van der Waals surface area contributed by atoms with Crippen molar-refractivity contribution in [2.75, 3.05) is 13.2 Å². The van der Waals surface area contributed by atoms with Gasteiger partial charge in [-0.25, -0.2) is 9.38 Å². The van der Waals surface area contributed by atoms with Gasteiger partial charge in [0.1, 0.15) is 17.1 Å². The topological polar surface area (TPSA) is 104 Å². The Morgan fingerprint density at radius 2 is 2.00 bits per heavy atom. The molecule has 0 aromatic heterocycles. The van der Waals surface area contributed by atoms with E-state index in [1.165, 1.54) is 18.2 Å². The summed E-state index contributed by atoms with van der Waals surface area (Å²) in [7, 11) is 0. The number of hydrogen-bond donors (Lipinski definition) is 1. The summed E-state index contributed by atoms with van der Waals surface area (Å²) in [6, 6.07) is 10.1. The summed E-state index contributed by atoms with van der Waals surface area (Å²) >= 11 is 0. The zero-order chi connectivity index (χ0) is 15.6. The van der Waals surface area contributed by atoms with Crippen LogP contribution in [0.5, 0.6) is 0 Å². The molecule has 1 saturated carbocycles. The molecule has 0 amide bonds. The maximum atomic E-state index is 13.6. The Hall–Kier alpha value is -2.48. The lowest BCUT2D eigenvalue weighted by Gasteiger charge is -2.25. The minimum absolute atomic E-state index is 0.00714. The molecule has 3 aliphatic rings. The highest BCUT2D eigenvalue weighted by atomic mass is 19.1. The van der Waals surface area contributed by atoms with Crippen molar-refractivity contribution in [3.63, 3.8) is 0 Å². The SMILES string of the molecule is N#C[C@]12C(N)=NC3(OCCO3)[C@@]1(C#N)[C@@H]2c1cccc(F)c1. The van der Waals surface area contributed by atoms with Gasteiger partial charge in [-0.3, -0.25) is 0 Å². The molecule has 1 spiro atoms. The highest BCUT2D eigenvalue weighted by molar-refractivity contribution is 6.00. The Balaban J connectivity index is 1.94. The second-order valence-electron chi connectivity index (χ2n) is 5.60. The third-order valence-corrected chi connectivity index (χ3v) is 4.79. The minimum atomic E-state index is -1.57. The van der Waals surface area contributed by atoms with Crippen LogP contribution in [0.2, 0.25) is 0 Å². The van der Waals surface area contributed by atoms with E-state index in [2.05, 4.69) is 17.1 Å². The molecule has 22 heavy (non-hydrogen) atoms. The van der Waals surface area contributed by atoms with Gasteiger partial charge in [-0.15, -0.1) is 0 Å². The molecule has 6 nitrogen and oxygen atoms in total. The van der Waals surface area contributed by atoms with Gasteiger partial charge >= 0.3 is 0 Å². The molecule has 0 bridgehead atoms. The van der Waals surface area contributed by atoms with Crippen LogP contribution in [0.1, 0.15) is 11.5 Å². The molecule has 1 aliphatic carbocycles. The van der Waals surface area contributed by atoms with Crippen LogP contribution in [0.25, 0.3) is 0 Å². The number of halogens is 1. The van der Waals surface area contributed by atoms with Crippen molar-refractivity contribution >= 4 is 5.84 Å². The van der Waals surface area contributed by atoms with Gasteiger partial charge < -0.3 is 15.2 Å². The first kappa shape index (κ1) is 13.2. The number of rotatable bonds is 1. The molecule has 2 heterocycles. The van der Waals surface area contributed by atoms with Crippen molar-refractivity contribution in [3.05, 3.63) is 35.6 Å². The highest BCUT2D eigenvalue weighted by Crippen LogP contribution is 2.82. The second-order valence-corrected chi connectivity index (χ2v) is 5.60. The average Bonchev–Trinajstić information content (AvgIpc) is 2.77. The fourth-order valence-electron chi connectivity index (χ4n) is 3.90. The van der Waals surface area contributed by atoms with Gasteiger partial charge in [0.25, 0.3) is 5.91 Å². The number of nitrogens with two attached hydrogens (primary N) is 1. The molecule has 2 aliphatic heterocycles. The van der Waals surface area contributed by atoms with E-state index in [-0.39, 0.29) is 19.0 Å². The van der Waals surface area contributed by atoms with Crippen molar-refractivity contribution in [2.24, 2.45) is 21.6 Å². The maximum Gasteiger partial charge on any atom is 0.293 e. The van der Waals surface area contributed by atoms with Crippen LogP contribution in [-0.2, 0) is 9.47 Å². The number of hydrogen-bond acceptors (Lipinski definition) is 6. The van der Waals surface area contributed by atoms with E-state index in [4.69, 9.17) is 15.2 Å². The molecule has 1 aromatic carbocycles. The van der Waals surface area contributed by atoms with Crippen molar-refractivity contribution in [1.29, 1.82) is 10.5 Å². The Morgan fingerprint density at radius 1 is 1.27 bits per heavy atom. The molecule has 0 unspecified atom stereocenters. The lowest BCUT2D eigenvalue weighted by atomic mass is 9.94. The molecule has 2 N–H and O–H groups in total. The highest BCUT2D eigenvalue weighted by Gasteiger charge is 2.94. The van der Waals surface area contributed by atoms with Gasteiger partial charge in [-0.05, 0) is 17.7 Å². The summed E-state index contributed by atoms with van der Waals surface area (Å²) in [6.07, 6.45) is 0. The van der Waals surface area contributed by atoms with Crippen LogP contribution < -0.4 is 5.73 Å². The summed E-state index contributed by atoms with van der Waals surface area (Å²) in [5, 5.41) is 19.5. The van der Waals surface area contributed by atoms with Crippen LogP contribution in [0.3, 0.4) is 0 Å². The van der Waals surface area contributed by atoms with E-state index in [1.807, 2.05) is 0 Å². The van der Waals surface area contributed by atoms with Crippen molar-refractivity contribution in [2.45, 2.75) is 11.8 Å². The molecular formula is C15H11FN4O2. The lowest BCUT2D eigenvalue weighted by molar-refractivity contribution is -0.184. The van der Waals surface area contributed by atoms with Gasteiger partial charge in [0.05, 0.1) is 25.4 Å². The molecule has 1 saturated heterocycles. The number of nitrogens with zero attached hydrogens (tertiary/aromatic N) is 3. The normalized spacial score (nSPS) is 37.2. The first-order chi connectivity index (χ1) is 10.6. The number of fused-ring (bicyclic) bond motifs is 2. The summed E-state index contributed by atoms with van der Waals surface area (Å²) in [5.41, 5.74) is 3.75.